The molecule has 0 unspecified atom stereocenters. The normalized spacial score (nSPS) is 12.9. The Balaban J connectivity index is 2.38. The zero-order chi connectivity index (χ0) is 14.3. The Morgan fingerprint density at radius 3 is 2.53 bits per heavy atom. The highest BCUT2D eigenvalue weighted by Gasteiger charge is 2.21. The molecule has 1 aromatic carbocycles. The van der Waals surface area contributed by atoms with Crippen molar-refractivity contribution in [3.8, 4) is 0 Å². The molecule has 2 aromatic rings. The van der Waals surface area contributed by atoms with Gasteiger partial charge in [0.2, 0.25) is 14.2 Å². The number of hydrogen-bond donors (Lipinski definition) is 1. The molecule has 0 aliphatic carbocycles. The number of fused-ring (bicyclic) bond motifs is 1. The smallest absolute Gasteiger partial charge is 0.210 e. The van der Waals surface area contributed by atoms with Crippen molar-refractivity contribution in [2.75, 3.05) is 23.5 Å². The standard InChI is InChI=1S/C10H12N2O4S3/c1-18(13,14)4-5-19(15,16)10-12-8-3-2-7(11)6-9(8)17-10/h2-3,6H,4-5,11H2,1H3. The van der Waals surface area contributed by atoms with Gasteiger partial charge in [0.05, 0.1) is 21.7 Å². The van der Waals surface area contributed by atoms with Gasteiger partial charge in [0.25, 0.3) is 0 Å². The van der Waals surface area contributed by atoms with Crippen molar-refractivity contribution >= 4 is 46.9 Å². The van der Waals surface area contributed by atoms with Crippen LogP contribution in [-0.2, 0) is 19.7 Å². The SMILES string of the molecule is CS(=O)(=O)CCS(=O)(=O)c1nc2ccc(N)cc2s1. The van der Waals surface area contributed by atoms with E-state index < -0.39 is 31.2 Å². The first kappa shape index (κ1) is 14.2. The van der Waals surface area contributed by atoms with Gasteiger partial charge in [-0.3, -0.25) is 0 Å². The van der Waals surface area contributed by atoms with Crippen molar-refractivity contribution in [1.29, 1.82) is 0 Å². The number of nitrogens with two attached hydrogens (primary N) is 1. The first-order valence-electron chi connectivity index (χ1n) is 5.24. The molecule has 2 N–H and O–H groups in total. The second-order valence-corrected chi connectivity index (χ2v) is 9.73. The van der Waals surface area contributed by atoms with Gasteiger partial charge in [-0.25, -0.2) is 21.8 Å². The summed E-state index contributed by atoms with van der Waals surface area (Å²) in [6.07, 6.45) is 1.00. The Bertz CT molecular complexity index is 822. The van der Waals surface area contributed by atoms with E-state index in [-0.39, 0.29) is 4.34 Å². The number of nitrogens with zero attached hydrogens (tertiary/aromatic N) is 1. The van der Waals surface area contributed by atoms with E-state index in [2.05, 4.69) is 4.98 Å². The summed E-state index contributed by atoms with van der Waals surface area (Å²) < 4.78 is 46.6. The molecule has 0 saturated heterocycles. The van der Waals surface area contributed by atoms with Crippen molar-refractivity contribution in [1.82, 2.24) is 4.98 Å². The lowest BCUT2D eigenvalue weighted by Crippen LogP contribution is -2.16. The van der Waals surface area contributed by atoms with Gasteiger partial charge in [-0.15, -0.1) is 11.3 Å². The molecule has 1 heterocycles. The van der Waals surface area contributed by atoms with Crippen molar-refractivity contribution in [2.24, 2.45) is 0 Å². The molecule has 104 valence electrons. The molecular weight excluding hydrogens is 308 g/mol. The minimum Gasteiger partial charge on any atom is -0.399 e. The second-order valence-electron chi connectivity index (χ2n) is 4.16. The third-order valence-corrected chi connectivity index (χ3v) is 6.78. The molecule has 0 saturated carbocycles. The van der Waals surface area contributed by atoms with E-state index in [0.717, 1.165) is 17.6 Å². The molecule has 0 aliphatic heterocycles. The largest absolute Gasteiger partial charge is 0.399 e. The summed E-state index contributed by atoms with van der Waals surface area (Å²) in [6, 6.07) is 4.91. The van der Waals surface area contributed by atoms with Crippen molar-refractivity contribution < 1.29 is 16.8 Å². The summed E-state index contributed by atoms with van der Waals surface area (Å²) in [7, 11) is -7.01. The predicted molar refractivity (Wildman–Crippen MR) is 75.8 cm³/mol. The number of benzene rings is 1. The van der Waals surface area contributed by atoms with E-state index in [1.54, 1.807) is 18.2 Å². The minimum atomic E-state index is -3.68. The average Bonchev–Trinajstić information content (AvgIpc) is 2.69. The molecule has 2 rings (SSSR count). The van der Waals surface area contributed by atoms with Crippen LogP contribution >= 0.6 is 11.3 Å². The molecule has 0 amide bonds. The highest BCUT2D eigenvalue weighted by Crippen LogP contribution is 2.27. The maximum atomic E-state index is 12.0. The van der Waals surface area contributed by atoms with Crippen LogP contribution in [0.4, 0.5) is 5.69 Å². The average molecular weight is 320 g/mol. The van der Waals surface area contributed by atoms with E-state index in [1.165, 1.54) is 0 Å². The van der Waals surface area contributed by atoms with Gasteiger partial charge < -0.3 is 5.73 Å². The molecule has 19 heavy (non-hydrogen) atoms. The molecule has 0 aliphatic rings. The number of hydrogen-bond acceptors (Lipinski definition) is 7. The maximum Gasteiger partial charge on any atom is 0.210 e. The summed E-state index contributed by atoms with van der Waals surface area (Å²) >= 11 is 0.995. The lowest BCUT2D eigenvalue weighted by atomic mass is 10.3. The van der Waals surface area contributed by atoms with Gasteiger partial charge >= 0.3 is 0 Å². The molecule has 6 nitrogen and oxygen atoms in total. The van der Waals surface area contributed by atoms with E-state index in [4.69, 9.17) is 5.73 Å². The van der Waals surface area contributed by atoms with E-state index in [9.17, 15) is 16.8 Å². The Morgan fingerprint density at radius 2 is 1.89 bits per heavy atom. The number of rotatable bonds is 4. The molecule has 9 heteroatoms. The Morgan fingerprint density at radius 1 is 1.21 bits per heavy atom. The van der Waals surface area contributed by atoms with Crippen molar-refractivity contribution in [3.63, 3.8) is 0 Å². The zero-order valence-electron chi connectivity index (χ0n) is 10.0. The molecule has 0 radical (unpaired) electrons. The first-order valence-corrected chi connectivity index (χ1v) is 9.77. The number of sulfone groups is 2. The fourth-order valence-electron chi connectivity index (χ4n) is 1.40. The summed E-state index contributed by atoms with van der Waals surface area (Å²) in [5, 5.41) is 0. The lowest BCUT2D eigenvalue weighted by molar-refractivity contribution is 0.590. The molecule has 1 aromatic heterocycles. The van der Waals surface area contributed by atoms with Gasteiger partial charge in [0, 0.05) is 11.9 Å². The second kappa shape index (κ2) is 4.73. The first-order chi connectivity index (χ1) is 8.67. The Kier molecular flexibility index (Phi) is 3.54. The third kappa shape index (κ3) is 3.43. The molecule has 0 bridgehead atoms. The van der Waals surface area contributed by atoms with Crippen LogP contribution in [0.25, 0.3) is 10.2 Å². The Labute approximate surface area is 115 Å². The van der Waals surface area contributed by atoms with Crippen molar-refractivity contribution in [2.45, 2.75) is 4.34 Å². The molecule has 0 fully saturated rings. The van der Waals surface area contributed by atoms with Gasteiger partial charge in [-0.1, -0.05) is 0 Å². The van der Waals surface area contributed by atoms with E-state index in [1.807, 2.05) is 0 Å². The van der Waals surface area contributed by atoms with Crippen LogP contribution in [0, 0.1) is 0 Å². The van der Waals surface area contributed by atoms with Crippen LogP contribution < -0.4 is 5.73 Å². The fraction of sp³-hybridized carbons (Fsp3) is 0.300. The van der Waals surface area contributed by atoms with Crippen LogP contribution in [0.2, 0.25) is 0 Å². The molecule has 0 spiro atoms. The van der Waals surface area contributed by atoms with Gasteiger partial charge in [-0.2, -0.15) is 0 Å². The third-order valence-electron chi connectivity index (χ3n) is 2.38. The minimum absolute atomic E-state index is 0.0725. The predicted octanol–water partition coefficient (Wildman–Crippen LogP) is 0.697. The van der Waals surface area contributed by atoms with Gasteiger partial charge in [0.1, 0.15) is 9.84 Å². The van der Waals surface area contributed by atoms with Crippen LogP contribution in [-0.4, -0.2) is 39.6 Å². The summed E-state index contributed by atoms with van der Waals surface area (Å²) in [5.41, 5.74) is 6.67. The fourth-order valence-corrected chi connectivity index (χ4v) is 5.67. The monoisotopic (exact) mass is 320 g/mol. The highest BCUT2D eigenvalue weighted by atomic mass is 32.2. The zero-order valence-corrected chi connectivity index (χ0v) is 12.5. The lowest BCUT2D eigenvalue weighted by Gasteiger charge is -1.98. The Hall–Kier alpha value is -1.19. The van der Waals surface area contributed by atoms with Crippen molar-refractivity contribution in [3.05, 3.63) is 18.2 Å². The highest BCUT2D eigenvalue weighted by molar-refractivity contribution is 7.96. The maximum absolute atomic E-state index is 12.0. The van der Waals surface area contributed by atoms with Crippen LogP contribution in [0.3, 0.4) is 0 Å². The van der Waals surface area contributed by atoms with E-state index >= 15 is 0 Å². The summed E-state index contributed by atoms with van der Waals surface area (Å²) in [5.74, 6) is -0.867. The number of nitrogen functional groups attached to an aromatic ring is 1. The number of thiazole rings is 1. The summed E-state index contributed by atoms with van der Waals surface area (Å²) in [6.45, 7) is 0. The summed E-state index contributed by atoms with van der Waals surface area (Å²) in [4.78, 5) is 4.01. The number of anilines is 1. The van der Waals surface area contributed by atoms with E-state index in [0.29, 0.717) is 15.9 Å². The van der Waals surface area contributed by atoms with Crippen LogP contribution in [0.1, 0.15) is 0 Å². The topological polar surface area (TPSA) is 107 Å². The quantitative estimate of drug-likeness (QED) is 0.831. The van der Waals surface area contributed by atoms with Crippen LogP contribution in [0.15, 0.2) is 22.5 Å². The number of aromatic nitrogens is 1. The van der Waals surface area contributed by atoms with Gasteiger partial charge in [-0.05, 0) is 18.2 Å². The molecular formula is C10H12N2O4S3. The van der Waals surface area contributed by atoms with Gasteiger partial charge in [0.15, 0.2) is 0 Å². The van der Waals surface area contributed by atoms with Crippen LogP contribution in [0.5, 0.6) is 0 Å². The molecule has 0 atom stereocenters.